The normalized spacial score (nSPS) is 10.6. The number of thiazole rings is 1. The molecule has 16 heavy (non-hydrogen) atoms. The SMILES string of the molecule is CCOC(=O)CSc1nc2cncnc2s1. The zero-order valence-corrected chi connectivity index (χ0v) is 10.2. The maximum absolute atomic E-state index is 11.1. The highest BCUT2D eigenvalue weighted by Gasteiger charge is 2.08. The Morgan fingerprint density at radius 1 is 1.62 bits per heavy atom. The first kappa shape index (κ1) is 11.3. The summed E-state index contributed by atoms with van der Waals surface area (Å²) in [5, 5.41) is 0. The van der Waals surface area contributed by atoms with Crippen molar-refractivity contribution in [3.63, 3.8) is 0 Å². The van der Waals surface area contributed by atoms with Gasteiger partial charge in [0.2, 0.25) is 0 Å². The molecule has 2 aromatic heterocycles. The predicted octanol–water partition coefficient (Wildman–Crippen LogP) is 1.74. The summed E-state index contributed by atoms with van der Waals surface area (Å²) in [6.07, 6.45) is 3.15. The van der Waals surface area contributed by atoms with E-state index in [1.54, 1.807) is 13.1 Å². The lowest BCUT2D eigenvalue weighted by atomic mass is 10.6. The van der Waals surface area contributed by atoms with Crippen molar-refractivity contribution in [3.8, 4) is 0 Å². The summed E-state index contributed by atoms with van der Waals surface area (Å²) in [4.78, 5) is 24.2. The van der Waals surface area contributed by atoms with Crippen LogP contribution in [-0.4, -0.2) is 33.3 Å². The van der Waals surface area contributed by atoms with E-state index in [1.165, 1.54) is 29.4 Å². The van der Waals surface area contributed by atoms with Crippen LogP contribution in [-0.2, 0) is 9.53 Å². The van der Waals surface area contributed by atoms with E-state index in [4.69, 9.17) is 4.74 Å². The van der Waals surface area contributed by atoms with Gasteiger partial charge in [-0.1, -0.05) is 23.1 Å². The van der Waals surface area contributed by atoms with Crippen molar-refractivity contribution >= 4 is 39.4 Å². The molecule has 0 spiro atoms. The van der Waals surface area contributed by atoms with Crippen LogP contribution in [0.1, 0.15) is 6.92 Å². The molecular weight excluding hydrogens is 246 g/mol. The minimum atomic E-state index is -0.224. The van der Waals surface area contributed by atoms with E-state index in [9.17, 15) is 4.79 Å². The molecule has 0 amide bonds. The lowest BCUT2D eigenvalue weighted by molar-refractivity contribution is -0.139. The Balaban J connectivity index is 2.02. The topological polar surface area (TPSA) is 65.0 Å². The summed E-state index contributed by atoms with van der Waals surface area (Å²) < 4.78 is 5.64. The van der Waals surface area contributed by atoms with Crippen LogP contribution < -0.4 is 0 Å². The van der Waals surface area contributed by atoms with Crippen molar-refractivity contribution in [2.24, 2.45) is 0 Å². The Morgan fingerprint density at radius 3 is 3.25 bits per heavy atom. The third-order valence-corrected chi connectivity index (χ3v) is 3.77. The highest BCUT2D eigenvalue weighted by atomic mass is 32.2. The maximum atomic E-state index is 11.1. The smallest absolute Gasteiger partial charge is 0.316 e. The molecule has 0 saturated heterocycles. The summed E-state index contributed by atoms with van der Waals surface area (Å²) in [6.45, 7) is 2.19. The number of hydrogen-bond acceptors (Lipinski definition) is 7. The molecule has 84 valence electrons. The summed E-state index contributed by atoms with van der Waals surface area (Å²) in [6, 6.07) is 0. The molecule has 0 aromatic carbocycles. The number of ether oxygens (including phenoxy) is 1. The standard InChI is InChI=1S/C9H9N3O2S2/c1-2-14-7(13)4-15-9-12-6-3-10-5-11-8(6)16-9/h3,5H,2,4H2,1H3. The quantitative estimate of drug-likeness (QED) is 0.612. The first-order valence-corrected chi connectivity index (χ1v) is 6.44. The van der Waals surface area contributed by atoms with Gasteiger partial charge in [-0.2, -0.15) is 0 Å². The minimum Gasteiger partial charge on any atom is -0.465 e. The summed E-state index contributed by atoms with van der Waals surface area (Å²) in [5.74, 6) is 0.0546. The molecule has 2 rings (SSSR count). The Morgan fingerprint density at radius 2 is 2.50 bits per heavy atom. The highest BCUT2D eigenvalue weighted by molar-refractivity contribution is 8.01. The van der Waals surface area contributed by atoms with Gasteiger partial charge in [0.25, 0.3) is 0 Å². The monoisotopic (exact) mass is 255 g/mol. The number of rotatable bonds is 4. The molecule has 2 heterocycles. The van der Waals surface area contributed by atoms with Gasteiger partial charge < -0.3 is 4.74 Å². The third kappa shape index (κ3) is 2.67. The summed E-state index contributed by atoms with van der Waals surface area (Å²) in [5.41, 5.74) is 0.763. The van der Waals surface area contributed by atoms with Crippen LogP contribution in [0.2, 0.25) is 0 Å². The second kappa shape index (κ2) is 5.22. The van der Waals surface area contributed by atoms with E-state index in [0.29, 0.717) is 6.61 Å². The fraction of sp³-hybridized carbons (Fsp3) is 0.333. The van der Waals surface area contributed by atoms with E-state index >= 15 is 0 Å². The Hall–Kier alpha value is -1.21. The van der Waals surface area contributed by atoms with Crippen LogP contribution in [0.3, 0.4) is 0 Å². The molecule has 0 unspecified atom stereocenters. The van der Waals surface area contributed by atoms with E-state index in [-0.39, 0.29) is 11.7 Å². The van der Waals surface area contributed by atoms with Gasteiger partial charge in [0.05, 0.1) is 18.6 Å². The highest BCUT2D eigenvalue weighted by Crippen LogP contribution is 2.27. The Labute approximate surface area is 100 Å². The molecule has 7 heteroatoms. The van der Waals surface area contributed by atoms with Crippen LogP contribution in [0.4, 0.5) is 0 Å². The maximum Gasteiger partial charge on any atom is 0.316 e. The van der Waals surface area contributed by atoms with Gasteiger partial charge in [0.1, 0.15) is 16.7 Å². The van der Waals surface area contributed by atoms with Crippen molar-refractivity contribution in [3.05, 3.63) is 12.5 Å². The summed E-state index contributed by atoms with van der Waals surface area (Å²) in [7, 11) is 0. The molecule has 5 nitrogen and oxygen atoms in total. The van der Waals surface area contributed by atoms with Crippen molar-refractivity contribution in [2.45, 2.75) is 11.3 Å². The second-order valence-corrected chi connectivity index (χ2v) is 4.99. The van der Waals surface area contributed by atoms with Crippen LogP contribution in [0.5, 0.6) is 0 Å². The molecule has 0 bridgehead atoms. The van der Waals surface area contributed by atoms with Crippen molar-refractivity contribution < 1.29 is 9.53 Å². The van der Waals surface area contributed by atoms with Crippen LogP contribution >= 0.6 is 23.1 Å². The first-order chi connectivity index (χ1) is 7.79. The number of carbonyl (C=O) groups excluding carboxylic acids is 1. The van der Waals surface area contributed by atoms with E-state index in [0.717, 1.165) is 14.7 Å². The average molecular weight is 255 g/mol. The molecule has 0 aliphatic heterocycles. The van der Waals surface area contributed by atoms with Crippen LogP contribution in [0, 0.1) is 0 Å². The average Bonchev–Trinajstić information content (AvgIpc) is 2.69. The van der Waals surface area contributed by atoms with Crippen molar-refractivity contribution in [2.75, 3.05) is 12.4 Å². The molecule has 0 radical (unpaired) electrons. The van der Waals surface area contributed by atoms with Crippen molar-refractivity contribution in [1.82, 2.24) is 15.0 Å². The van der Waals surface area contributed by atoms with Gasteiger partial charge in [-0.15, -0.1) is 0 Å². The zero-order valence-electron chi connectivity index (χ0n) is 8.54. The molecule has 2 aromatic rings. The van der Waals surface area contributed by atoms with Gasteiger partial charge in [0, 0.05) is 0 Å². The van der Waals surface area contributed by atoms with Gasteiger partial charge >= 0.3 is 5.97 Å². The third-order valence-electron chi connectivity index (χ3n) is 1.67. The molecule has 0 aliphatic carbocycles. The first-order valence-electron chi connectivity index (χ1n) is 4.64. The molecule has 0 N–H and O–H groups in total. The van der Waals surface area contributed by atoms with E-state index < -0.39 is 0 Å². The lowest BCUT2D eigenvalue weighted by Gasteiger charge is -1.98. The predicted molar refractivity (Wildman–Crippen MR) is 62.6 cm³/mol. The number of aromatic nitrogens is 3. The minimum absolute atomic E-state index is 0.224. The van der Waals surface area contributed by atoms with E-state index in [2.05, 4.69) is 15.0 Å². The number of fused-ring (bicyclic) bond motifs is 1. The molecular formula is C9H9N3O2S2. The zero-order chi connectivity index (χ0) is 11.4. The molecule has 0 fully saturated rings. The number of hydrogen-bond donors (Lipinski definition) is 0. The lowest BCUT2D eigenvalue weighted by Crippen LogP contribution is -2.06. The van der Waals surface area contributed by atoms with Crippen LogP contribution in [0.15, 0.2) is 16.9 Å². The number of esters is 1. The second-order valence-electron chi connectivity index (χ2n) is 2.79. The number of nitrogens with zero attached hydrogens (tertiary/aromatic N) is 3. The fourth-order valence-electron chi connectivity index (χ4n) is 1.06. The molecule has 0 atom stereocenters. The summed E-state index contributed by atoms with van der Waals surface area (Å²) >= 11 is 2.81. The van der Waals surface area contributed by atoms with Gasteiger partial charge in [-0.25, -0.2) is 15.0 Å². The Bertz CT molecular complexity index is 467. The van der Waals surface area contributed by atoms with Gasteiger partial charge in [0.15, 0.2) is 4.34 Å². The van der Waals surface area contributed by atoms with Crippen molar-refractivity contribution in [1.29, 1.82) is 0 Å². The van der Waals surface area contributed by atoms with Gasteiger partial charge in [-0.05, 0) is 6.92 Å². The number of carbonyl (C=O) groups is 1. The van der Waals surface area contributed by atoms with Crippen LogP contribution in [0.25, 0.3) is 10.3 Å². The van der Waals surface area contributed by atoms with Gasteiger partial charge in [-0.3, -0.25) is 4.79 Å². The largest absolute Gasteiger partial charge is 0.465 e. The fourth-order valence-corrected chi connectivity index (χ4v) is 2.80. The number of thioether (sulfide) groups is 1. The molecule has 0 saturated carbocycles. The Kier molecular flexibility index (Phi) is 3.68. The molecule has 0 aliphatic rings. The van der Waals surface area contributed by atoms with E-state index in [1.807, 2.05) is 0 Å².